The molecule has 0 spiro atoms. The quantitative estimate of drug-likeness (QED) is 0.198. The number of piperazine rings is 1. The minimum absolute atomic E-state index is 0.189. The van der Waals surface area contributed by atoms with Crippen LogP contribution in [0.15, 0.2) is 54.6 Å². The molecule has 4 aromatic rings. The predicted octanol–water partition coefficient (Wildman–Crippen LogP) is 5.02. The standard InChI is InChI=1S/C34H40F2N6O4/c1-44-32(45-2)21-41-9-11-42(12-10-41)27-4-5-28(31(20-27)37-26-7-13-46-14-8-26)34(43)38-33-29-18-22(3-6-30(29)39-40-33)15-23-16-24(35)19-25(36)17-23/h3-6,16-20,26,32,37H,7-15,21H2,1-2H3,(H2,38,39,40,43). The molecule has 2 aliphatic rings. The lowest BCUT2D eigenvalue weighted by Gasteiger charge is -2.37. The van der Waals surface area contributed by atoms with Gasteiger partial charge in [0.2, 0.25) is 0 Å². The Labute approximate surface area is 267 Å². The van der Waals surface area contributed by atoms with E-state index in [4.69, 9.17) is 14.2 Å². The molecule has 2 saturated heterocycles. The number of hydrogen-bond donors (Lipinski definition) is 3. The average Bonchev–Trinajstić information content (AvgIpc) is 3.45. The number of carbonyl (C=O) groups is 1. The molecule has 3 heterocycles. The number of amides is 1. The first-order valence-corrected chi connectivity index (χ1v) is 15.6. The normalized spacial score (nSPS) is 16.3. The highest BCUT2D eigenvalue weighted by atomic mass is 19.1. The van der Waals surface area contributed by atoms with Crippen LogP contribution in [-0.2, 0) is 20.6 Å². The molecule has 0 radical (unpaired) electrons. The summed E-state index contributed by atoms with van der Waals surface area (Å²) in [5, 5.41) is 14.7. The van der Waals surface area contributed by atoms with Crippen LogP contribution in [0.5, 0.6) is 0 Å². The Morgan fingerprint density at radius 3 is 2.43 bits per heavy atom. The number of ether oxygens (including phenoxy) is 3. The van der Waals surface area contributed by atoms with Gasteiger partial charge in [0, 0.05) is 89.0 Å². The maximum Gasteiger partial charge on any atom is 0.258 e. The number of nitrogens with one attached hydrogen (secondary N) is 3. The van der Waals surface area contributed by atoms with E-state index < -0.39 is 11.6 Å². The van der Waals surface area contributed by atoms with E-state index in [0.29, 0.717) is 48.5 Å². The lowest BCUT2D eigenvalue weighted by Crippen LogP contribution is -2.49. The number of rotatable bonds is 11. The van der Waals surface area contributed by atoms with Crippen LogP contribution in [0.4, 0.5) is 26.0 Å². The summed E-state index contributed by atoms with van der Waals surface area (Å²) in [5.74, 6) is -1.14. The number of methoxy groups -OCH3 is 2. The molecule has 12 heteroatoms. The van der Waals surface area contributed by atoms with E-state index in [0.717, 1.165) is 67.5 Å². The molecule has 0 saturated carbocycles. The monoisotopic (exact) mass is 634 g/mol. The van der Waals surface area contributed by atoms with Crippen molar-refractivity contribution in [3.05, 3.63) is 82.9 Å². The van der Waals surface area contributed by atoms with Gasteiger partial charge in [-0.15, -0.1) is 0 Å². The molecule has 0 unspecified atom stereocenters. The summed E-state index contributed by atoms with van der Waals surface area (Å²) in [6.45, 7) is 5.48. The van der Waals surface area contributed by atoms with E-state index >= 15 is 0 Å². The van der Waals surface area contributed by atoms with Gasteiger partial charge in [0.15, 0.2) is 12.1 Å². The van der Waals surface area contributed by atoms with Crippen LogP contribution >= 0.6 is 0 Å². The van der Waals surface area contributed by atoms with Crippen molar-refractivity contribution in [2.24, 2.45) is 0 Å². The Hall–Kier alpha value is -4.10. The van der Waals surface area contributed by atoms with Crippen molar-refractivity contribution in [2.45, 2.75) is 31.6 Å². The number of hydrogen-bond acceptors (Lipinski definition) is 8. The molecule has 2 aliphatic heterocycles. The van der Waals surface area contributed by atoms with Crippen molar-refractivity contribution in [3.8, 4) is 0 Å². The number of anilines is 3. The largest absolute Gasteiger partial charge is 0.381 e. The van der Waals surface area contributed by atoms with Crippen molar-refractivity contribution < 1.29 is 27.8 Å². The number of nitrogens with zero attached hydrogens (tertiary/aromatic N) is 3. The van der Waals surface area contributed by atoms with Gasteiger partial charge < -0.3 is 29.7 Å². The van der Waals surface area contributed by atoms with Crippen LogP contribution in [-0.4, -0.2) is 93.5 Å². The number of H-pyrrole nitrogens is 1. The summed E-state index contributed by atoms with van der Waals surface area (Å²) in [6.07, 6.45) is 1.78. The maximum absolute atomic E-state index is 13.8. The Kier molecular flexibility index (Phi) is 10.1. The minimum atomic E-state index is -0.618. The predicted molar refractivity (Wildman–Crippen MR) is 174 cm³/mol. The third-order valence-corrected chi connectivity index (χ3v) is 8.69. The van der Waals surface area contributed by atoms with Gasteiger partial charge in [-0.1, -0.05) is 6.07 Å². The van der Waals surface area contributed by atoms with E-state index in [1.54, 1.807) is 14.2 Å². The third-order valence-electron chi connectivity index (χ3n) is 8.69. The molecule has 2 fully saturated rings. The average molecular weight is 635 g/mol. The lowest BCUT2D eigenvalue weighted by atomic mass is 10.0. The zero-order chi connectivity index (χ0) is 32.0. The van der Waals surface area contributed by atoms with Gasteiger partial charge in [-0.3, -0.25) is 14.8 Å². The fourth-order valence-electron chi connectivity index (χ4n) is 6.14. The Bertz CT molecular complexity index is 1630. The molecular formula is C34H40F2N6O4. The van der Waals surface area contributed by atoms with Gasteiger partial charge in [-0.05, 0) is 72.9 Å². The highest BCUT2D eigenvalue weighted by Crippen LogP contribution is 2.29. The molecule has 244 valence electrons. The number of aromatic amines is 1. The van der Waals surface area contributed by atoms with Crippen LogP contribution in [0.25, 0.3) is 10.9 Å². The third kappa shape index (κ3) is 7.64. The van der Waals surface area contributed by atoms with Crippen molar-refractivity contribution in [3.63, 3.8) is 0 Å². The molecule has 6 rings (SSSR count). The molecular weight excluding hydrogens is 594 g/mol. The second-order valence-corrected chi connectivity index (χ2v) is 11.8. The van der Waals surface area contributed by atoms with Crippen molar-refractivity contribution in [1.82, 2.24) is 15.1 Å². The Morgan fingerprint density at radius 1 is 0.978 bits per heavy atom. The molecule has 1 amide bonds. The SMILES string of the molecule is COC(CN1CCN(c2ccc(C(=O)Nc3n[nH]c4ccc(Cc5cc(F)cc(F)c5)cc34)c(NC3CCOCC3)c2)CC1)OC. The van der Waals surface area contributed by atoms with Crippen LogP contribution in [0.2, 0.25) is 0 Å². The maximum atomic E-state index is 13.8. The van der Waals surface area contributed by atoms with Gasteiger partial charge in [-0.2, -0.15) is 5.10 Å². The number of fused-ring (bicyclic) bond motifs is 1. The van der Waals surface area contributed by atoms with Gasteiger partial charge >= 0.3 is 0 Å². The van der Waals surface area contributed by atoms with Crippen molar-refractivity contribution in [2.75, 3.05) is 75.7 Å². The first kappa shape index (κ1) is 31.9. The molecule has 0 aliphatic carbocycles. The van der Waals surface area contributed by atoms with Crippen LogP contribution in [0, 0.1) is 11.6 Å². The fraction of sp³-hybridized carbons (Fsp3) is 0.412. The summed E-state index contributed by atoms with van der Waals surface area (Å²) < 4.78 is 43.8. The number of benzene rings is 3. The zero-order valence-electron chi connectivity index (χ0n) is 26.2. The fourth-order valence-corrected chi connectivity index (χ4v) is 6.14. The van der Waals surface area contributed by atoms with Gasteiger partial charge in [0.1, 0.15) is 11.6 Å². The molecule has 46 heavy (non-hydrogen) atoms. The molecule has 1 aromatic heterocycles. The van der Waals surface area contributed by atoms with Crippen molar-refractivity contribution in [1.29, 1.82) is 0 Å². The summed E-state index contributed by atoms with van der Waals surface area (Å²) in [4.78, 5) is 18.5. The molecule has 0 atom stereocenters. The second-order valence-electron chi connectivity index (χ2n) is 11.8. The Morgan fingerprint density at radius 2 is 1.72 bits per heavy atom. The van der Waals surface area contributed by atoms with E-state index in [-0.39, 0.29) is 18.2 Å². The smallest absolute Gasteiger partial charge is 0.258 e. The van der Waals surface area contributed by atoms with E-state index in [2.05, 4.69) is 36.7 Å². The van der Waals surface area contributed by atoms with E-state index in [1.807, 2.05) is 30.3 Å². The summed E-state index contributed by atoms with van der Waals surface area (Å²) >= 11 is 0. The van der Waals surface area contributed by atoms with Gasteiger partial charge in [-0.25, -0.2) is 8.78 Å². The highest BCUT2D eigenvalue weighted by Gasteiger charge is 2.24. The van der Waals surface area contributed by atoms with Gasteiger partial charge in [0.25, 0.3) is 5.91 Å². The molecule has 3 N–H and O–H groups in total. The van der Waals surface area contributed by atoms with E-state index in [1.165, 1.54) is 12.1 Å². The Balaban J connectivity index is 1.20. The first-order chi connectivity index (χ1) is 22.4. The second kappa shape index (κ2) is 14.5. The molecule has 3 aromatic carbocycles. The summed E-state index contributed by atoms with van der Waals surface area (Å²) in [5.41, 5.74) is 4.41. The summed E-state index contributed by atoms with van der Waals surface area (Å²) in [6, 6.07) is 15.2. The molecule has 0 bridgehead atoms. The van der Waals surface area contributed by atoms with Gasteiger partial charge in [0.05, 0.1) is 11.1 Å². The number of carbonyl (C=O) groups excluding carboxylic acids is 1. The van der Waals surface area contributed by atoms with Crippen molar-refractivity contribution >= 4 is 34.0 Å². The zero-order valence-corrected chi connectivity index (χ0v) is 26.2. The lowest BCUT2D eigenvalue weighted by molar-refractivity contribution is -0.116. The topological polar surface area (TPSA) is 104 Å². The summed E-state index contributed by atoms with van der Waals surface area (Å²) in [7, 11) is 3.30. The van der Waals surface area contributed by atoms with Crippen LogP contribution in [0.1, 0.15) is 34.3 Å². The van der Waals surface area contributed by atoms with Crippen LogP contribution < -0.4 is 15.5 Å². The molecule has 10 nitrogen and oxygen atoms in total. The highest BCUT2D eigenvalue weighted by molar-refractivity contribution is 6.11. The first-order valence-electron chi connectivity index (χ1n) is 15.6. The van der Waals surface area contributed by atoms with E-state index in [9.17, 15) is 13.6 Å². The minimum Gasteiger partial charge on any atom is -0.381 e. The van der Waals surface area contributed by atoms with Crippen LogP contribution in [0.3, 0.4) is 0 Å². The number of aromatic nitrogens is 2. The number of halogens is 2.